The highest BCUT2D eigenvalue weighted by Gasteiger charge is 2.06. The molecule has 0 saturated carbocycles. The van der Waals surface area contributed by atoms with Crippen molar-refractivity contribution in [2.45, 2.75) is 46.4 Å². The second-order valence-corrected chi connectivity index (χ2v) is 3.24. The molecule has 1 N–H and O–H groups in total. The minimum atomic E-state index is -0.0405. The second-order valence-electron chi connectivity index (χ2n) is 3.24. The van der Waals surface area contributed by atoms with E-state index in [1.54, 1.807) is 0 Å². The van der Waals surface area contributed by atoms with E-state index in [1.165, 1.54) is 0 Å². The summed E-state index contributed by atoms with van der Waals surface area (Å²) in [6.45, 7) is 10.6. The molecule has 0 aromatic carbocycles. The Kier molecular flexibility index (Phi) is 8.40. The van der Waals surface area contributed by atoms with E-state index < -0.39 is 0 Å². The van der Waals surface area contributed by atoms with Gasteiger partial charge in [0.05, 0.1) is 0 Å². The van der Waals surface area contributed by atoms with E-state index in [9.17, 15) is 0 Å². The van der Waals surface area contributed by atoms with Gasteiger partial charge in [-0.15, -0.1) is 0 Å². The Labute approximate surface area is 81.8 Å². The lowest BCUT2D eigenvalue weighted by Crippen LogP contribution is -2.28. The number of hydrogen-bond donors (Lipinski definition) is 1. The molecule has 3 heteroatoms. The quantitative estimate of drug-likeness (QED) is 0.590. The first-order valence-corrected chi connectivity index (χ1v) is 5.17. The molecule has 0 heterocycles. The Balaban J connectivity index is 3.44. The van der Waals surface area contributed by atoms with Gasteiger partial charge in [0.25, 0.3) is 0 Å². The minimum absolute atomic E-state index is 0.0405. The molecule has 0 atom stereocenters. The third-order valence-electron chi connectivity index (χ3n) is 1.64. The predicted molar refractivity (Wildman–Crippen MR) is 54.8 cm³/mol. The topological polar surface area (TPSA) is 30.5 Å². The fourth-order valence-corrected chi connectivity index (χ4v) is 1.08. The Hall–Kier alpha value is -0.120. The van der Waals surface area contributed by atoms with Crippen molar-refractivity contribution >= 4 is 0 Å². The molecule has 0 bridgehead atoms. The molecule has 0 amide bonds. The maximum atomic E-state index is 5.40. The molecule has 0 aliphatic heterocycles. The summed E-state index contributed by atoms with van der Waals surface area (Å²) in [5.41, 5.74) is 0. The van der Waals surface area contributed by atoms with Crippen LogP contribution in [0.1, 0.15) is 34.1 Å². The molecule has 0 aromatic heterocycles. The molecule has 3 nitrogen and oxygen atoms in total. The summed E-state index contributed by atoms with van der Waals surface area (Å²) < 4.78 is 10.8. The summed E-state index contributed by atoms with van der Waals surface area (Å²) in [6.07, 6.45) is 0.876. The van der Waals surface area contributed by atoms with Crippen LogP contribution in [0.2, 0.25) is 0 Å². The first kappa shape index (κ1) is 12.9. The Bertz CT molecular complexity index is 101. The van der Waals surface area contributed by atoms with Crippen molar-refractivity contribution in [3.63, 3.8) is 0 Å². The first-order valence-electron chi connectivity index (χ1n) is 5.17. The first-order chi connectivity index (χ1) is 6.20. The van der Waals surface area contributed by atoms with Gasteiger partial charge in [0.2, 0.25) is 0 Å². The maximum Gasteiger partial charge on any atom is 0.158 e. The monoisotopic (exact) mass is 189 g/mol. The lowest BCUT2D eigenvalue weighted by molar-refractivity contribution is -0.138. The zero-order valence-electron chi connectivity index (χ0n) is 9.30. The van der Waals surface area contributed by atoms with Gasteiger partial charge in [0.15, 0.2) is 6.29 Å². The average molecular weight is 189 g/mol. The predicted octanol–water partition coefficient (Wildman–Crippen LogP) is 1.77. The summed E-state index contributed by atoms with van der Waals surface area (Å²) in [5, 5.41) is 3.33. The fraction of sp³-hybridized carbons (Fsp3) is 1.00. The summed E-state index contributed by atoms with van der Waals surface area (Å²) in [7, 11) is 0. The molecule has 0 saturated heterocycles. The van der Waals surface area contributed by atoms with Crippen LogP contribution in [0.15, 0.2) is 0 Å². The van der Waals surface area contributed by atoms with Gasteiger partial charge in [-0.05, 0) is 13.8 Å². The van der Waals surface area contributed by atoms with Crippen molar-refractivity contribution in [3.8, 4) is 0 Å². The van der Waals surface area contributed by atoms with Crippen LogP contribution in [0.3, 0.4) is 0 Å². The van der Waals surface area contributed by atoms with Gasteiger partial charge >= 0.3 is 0 Å². The van der Waals surface area contributed by atoms with Crippen LogP contribution >= 0.6 is 0 Å². The summed E-state index contributed by atoms with van der Waals surface area (Å²) >= 11 is 0. The van der Waals surface area contributed by atoms with Crippen molar-refractivity contribution in [2.24, 2.45) is 0 Å². The molecule has 0 aliphatic carbocycles. The van der Waals surface area contributed by atoms with Crippen LogP contribution in [0.25, 0.3) is 0 Å². The normalized spacial score (nSPS) is 11.5. The zero-order valence-corrected chi connectivity index (χ0v) is 9.30. The van der Waals surface area contributed by atoms with Gasteiger partial charge in [-0.1, -0.05) is 13.8 Å². The number of nitrogens with one attached hydrogen (secondary N) is 1. The molecule has 13 heavy (non-hydrogen) atoms. The molecular weight excluding hydrogens is 166 g/mol. The molecule has 0 aliphatic rings. The Morgan fingerprint density at radius 1 is 1.08 bits per heavy atom. The van der Waals surface area contributed by atoms with E-state index >= 15 is 0 Å². The number of hydrogen-bond acceptors (Lipinski definition) is 3. The van der Waals surface area contributed by atoms with Gasteiger partial charge in [0, 0.05) is 32.2 Å². The molecule has 0 rings (SSSR count). The van der Waals surface area contributed by atoms with E-state index in [1.807, 2.05) is 13.8 Å². The molecule has 0 aromatic rings. The van der Waals surface area contributed by atoms with Gasteiger partial charge in [-0.3, -0.25) is 0 Å². The van der Waals surface area contributed by atoms with Crippen molar-refractivity contribution in [3.05, 3.63) is 0 Å². The van der Waals surface area contributed by atoms with Crippen LogP contribution in [-0.4, -0.2) is 32.1 Å². The summed E-state index contributed by atoms with van der Waals surface area (Å²) in [5.74, 6) is 0. The molecular formula is C10H23NO2. The maximum absolute atomic E-state index is 5.40. The standard InChI is InChI=1S/C10H23NO2/c1-5-12-10(13-6-2)7-8-11-9(3)4/h9-11H,5-8H2,1-4H3. The molecule has 0 radical (unpaired) electrons. The molecule has 0 unspecified atom stereocenters. The average Bonchev–Trinajstić information content (AvgIpc) is 2.04. The van der Waals surface area contributed by atoms with Crippen LogP contribution in [-0.2, 0) is 9.47 Å². The van der Waals surface area contributed by atoms with E-state index in [4.69, 9.17) is 9.47 Å². The van der Waals surface area contributed by atoms with Gasteiger partial charge in [-0.2, -0.15) is 0 Å². The Morgan fingerprint density at radius 3 is 2.00 bits per heavy atom. The second kappa shape index (κ2) is 8.48. The van der Waals surface area contributed by atoms with Crippen LogP contribution in [0, 0.1) is 0 Å². The lowest BCUT2D eigenvalue weighted by atomic mass is 10.3. The van der Waals surface area contributed by atoms with E-state index in [2.05, 4.69) is 19.2 Å². The van der Waals surface area contributed by atoms with Crippen molar-refractivity contribution in [2.75, 3.05) is 19.8 Å². The third kappa shape index (κ3) is 8.22. The molecule has 0 fully saturated rings. The highest BCUT2D eigenvalue weighted by molar-refractivity contribution is 4.54. The number of rotatable bonds is 8. The van der Waals surface area contributed by atoms with Crippen molar-refractivity contribution in [1.82, 2.24) is 5.32 Å². The van der Waals surface area contributed by atoms with Crippen LogP contribution in [0.5, 0.6) is 0 Å². The van der Waals surface area contributed by atoms with Gasteiger partial charge in [0.1, 0.15) is 0 Å². The smallest absolute Gasteiger partial charge is 0.158 e. The highest BCUT2D eigenvalue weighted by atomic mass is 16.7. The summed E-state index contributed by atoms with van der Waals surface area (Å²) in [4.78, 5) is 0. The molecule has 0 spiro atoms. The Morgan fingerprint density at radius 2 is 1.62 bits per heavy atom. The number of ether oxygens (including phenoxy) is 2. The van der Waals surface area contributed by atoms with E-state index in [0.717, 1.165) is 13.0 Å². The third-order valence-corrected chi connectivity index (χ3v) is 1.64. The lowest BCUT2D eigenvalue weighted by Gasteiger charge is -2.17. The highest BCUT2D eigenvalue weighted by Crippen LogP contribution is 1.99. The van der Waals surface area contributed by atoms with Crippen molar-refractivity contribution < 1.29 is 9.47 Å². The fourth-order valence-electron chi connectivity index (χ4n) is 1.08. The van der Waals surface area contributed by atoms with E-state index in [-0.39, 0.29) is 6.29 Å². The molecule has 80 valence electrons. The minimum Gasteiger partial charge on any atom is -0.353 e. The van der Waals surface area contributed by atoms with E-state index in [0.29, 0.717) is 19.3 Å². The van der Waals surface area contributed by atoms with Crippen LogP contribution < -0.4 is 5.32 Å². The van der Waals surface area contributed by atoms with Crippen LogP contribution in [0.4, 0.5) is 0 Å². The van der Waals surface area contributed by atoms with Gasteiger partial charge < -0.3 is 14.8 Å². The van der Waals surface area contributed by atoms with Crippen molar-refractivity contribution in [1.29, 1.82) is 0 Å². The largest absolute Gasteiger partial charge is 0.353 e. The summed E-state index contributed by atoms with van der Waals surface area (Å²) in [6, 6.07) is 0.531. The zero-order chi connectivity index (χ0) is 10.1. The SMILES string of the molecule is CCOC(CCNC(C)C)OCC. The van der Waals surface area contributed by atoms with Gasteiger partial charge in [-0.25, -0.2) is 0 Å².